The Bertz CT molecular complexity index is 518. The third-order valence-corrected chi connectivity index (χ3v) is 3.17. The van der Waals surface area contributed by atoms with E-state index in [4.69, 9.17) is 4.74 Å². The molecule has 1 aromatic rings. The Kier molecular flexibility index (Phi) is 7.37. The average Bonchev–Trinajstić information content (AvgIpc) is 2.45. The summed E-state index contributed by atoms with van der Waals surface area (Å²) in [4.78, 5) is 23.5. The molecule has 0 aliphatic carbocycles. The van der Waals surface area contributed by atoms with Crippen molar-refractivity contribution in [3.05, 3.63) is 47.5 Å². The van der Waals surface area contributed by atoms with Gasteiger partial charge in [0.1, 0.15) is 0 Å². The van der Waals surface area contributed by atoms with E-state index in [0.29, 0.717) is 0 Å². The van der Waals surface area contributed by atoms with Crippen molar-refractivity contribution in [3.63, 3.8) is 0 Å². The van der Waals surface area contributed by atoms with E-state index in [0.717, 1.165) is 18.4 Å². The van der Waals surface area contributed by atoms with Gasteiger partial charge in [-0.05, 0) is 46.1 Å². The molecule has 1 amide bonds. The van der Waals surface area contributed by atoms with Crippen LogP contribution in [0, 0.1) is 0 Å². The quantitative estimate of drug-likeness (QED) is 0.622. The lowest BCUT2D eigenvalue weighted by Gasteiger charge is -2.17. The minimum atomic E-state index is -0.790. The zero-order valence-electron chi connectivity index (χ0n) is 13.8. The summed E-state index contributed by atoms with van der Waals surface area (Å²) in [5, 5.41) is 2.87. The van der Waals surface area contributed by atoms with Crippen LogP contribution in [0.15, 0.2) is 42.0 Å². The Balaban J connectivity index is 2.36. The van der Waals surface area contributed by atoms with Gasteiger partial charge in [-0.15, -0.1) is 0 Å². The molecule has 0 saturated carbocycles. The number of esters is 1. The largest absolute Gasteiger partial charge is 0.449 e. The molecular formula is C18H25NO3. The molecule has 0 aliphatic rings. The van der Waals surface area contributed by atoms with Gasteiger partial charge in [-0.25, -0.2) is 4.79 Å². The van der Waals surface area contributed by atoms with Crippen molar-refractivity contribution < 1.29 is 14.3 Å². The van der Waals surface area contributed by atoms with E-state index in [2.05, 4.69) is 17.4 Å². The second-order valence-corrected chi connectivity index (χ2v) is 5.73. The lowest BCUT2D eigenvalue weighted by Crippen LogP contribution is -2.40. The van der Waals surface area contributed by atoms with E-state index < -0.39 is 12.1 Å². The Morgan fingerprint density at radius 2 is 1.82 bits per heavy atom. The molecule has 0 aliphatic heterocycles. The second-order valence-electron chi connectivity index (χ2n) is 5.73. The van der Waals surface area contributed by atoms with E-state index >= 15 is 0 Å². The zero-order valence-corrected chi connectivity index (χ0v) is 13.8. The second kappa shape index (κ2) is 9.03. The van der Waals surface area contributed by atoms with Gasteiger partial charge in [0.2, 0.25) is 0 Å². The summed E-state index contributed by atoms with van der Waals surface area (Å²) in [5.41, 5.74) is 2.08. The maximum atomic E-state index is 12.0. The van der Waals surface area contributed by atoms with E-state index in [-0.39, 0.29) is 11.9 Å². The smallest absolute Gasteiger partial charge is 0.331 e. The third-order valence-electron chi connectivity index (χ3n) is 3.17. The van der Waals surface area contributed by atoms with Gasteiger partial charge in [-0.3, -0.25) is 4.79 Å². The first-order valence-electron chi connectivity index (χ1n) is 7.58. The fourth-order valence-electron chi connectivity index (χ4n) is 1.96. The van der Waals surface area contributed by atoms with Gasteiger partial charge < -0.3 is 10.1 Å². The molecule has 0 spiro atoms. The number of nitrogens with one attached hydrogen (secondary N) is 1. The van der Waals surface area contributed by atoms with Crippen molar-refractivity contribution in [1.82, 2.24) is 5.32 Å². The molecule has 4 nitrogen and oxygen atoms in total. The van der Waals surface area contributed by atoms with Crippen LogP contribution in [0.4, 0.5) is 0 Å². The Morgan fingerprint density at radius 3 is 2.41 bits per heavy atom. The van der Waals surface area contributed by atoms with Crippen molar-refractivity contribution in [2.45, 2.75) is 52.7 Å². The number of amides is 1. The lowest BCUT2D eigenvalue weighted by molar-refractivity contribution is -0.150. The number of benzene rings is 1. The molecule has 0 heterocycles. The van der Waals surface area contributed by atoms with Gasteiger partial charge in [-0.1, -0.05) is 35.9 Å². The average molecular weight is 303 g/mol. The van der Waals surface area contributed by atoms with Crippen LogP contribution in [-0.4, -0.2) is 24.0 Å². The van der Waals surface area contributed by atoms with Crippen LogP contribution in [0.3, 0.4) is 0 Å². The summed E-state index contributed by atoms with van der Waals surface area (Å²) in [5.74, 6) is -0.754. The normalized spacial score (nSPS) is 12.9. The first-order valence-corrected chi connectivity index (χ1v) is 7.58. The molecule has 22 heavy (non-hydrogen) atoms. The Hall–Kier alpha value is -2.10. The van der Waals surface area contributed by atoms with E-state index in [1.165, 1.54) is 11.6 Å². The maximum Gasteiger partial charge on any atom is 0.331 e. The van der Waals surface area contributed by atoms with Crippen molar-refractivity contribution in [2.24, 2.45) is 0 Å². The molecule has 4 heteroatoms. The van der Waals surface area contributed by atoms with Gasteiger partial charge in [0.15, 0.2) is 6.10 Å². The summed E-state index contributed by atoms with van der Waals surface area (Å²) in [7, 11) is 0. The van der Waals surface area contributed by atoms with Gasteiger partial charge in [0, 0.05) is 12.1 Å². The summed E-state index contributed by atoms with van der Waals surface area (Å²) in [6.45, 7) is 7.14. The number of carbonyl (C=O) groups excluding carboxylic acids is 2. The molecule has 1 rings (SSSR count). The Labute approximate surface area is 132 Å². The molecule has 2 atom stereocenters. The van der Waals surface area contributed by atoms with Crippen LogP contribution in [0.1, 0.15) is 39.7 Å². The van der Waals surface area contributed by atoms with Crippen LogP contribution in [0.2, 0.25) is 0 Å². The highest BCUT2D eigenvalue weighted by atomic mass is 16.5. The number of hydrogen-bond acceptors (Lipinski definition) is 3. The summed E-state index contributed by atoms with van der Waals surface area (Å²) in [6, 6.07) is 10.2. The lowest BCUT2D eigenvalue weighted by atomic mass is 10.1. The molecule has 0 fully saturated rings. The third kappa shape index (κ3) is 7.07. The fourth-order valence-corrected chi connectivity index (χ4v) is 1.96. The predicted molar refractivity (Wildman–Crippen MR) is 87.4 cm³/mol. The van der Waals surface area contributed by atoms with Crippen molar-refractivity contribution in [3.8, 4) is 0 Å². The highest BCUT2D eigenvalue weighted by molar-refractivity contribution is 5.87. The molecule has 0 radical (unpaired) electrons. The van der Waals surface area contributed by atoms with Gasteiger partial charge in [0.25, 0.3) is 5.91 Å². The minimum absolute atomic E-state index is 0.0253. The molecule has 1 aromatic carbocycles. The van der Waals surface area contributed by atoms with E-state index in [1.54, 1.807) is 20.8 Å². The van der Waals surface area contributed by atoms with Crippen molar-refractivity contribution in [1.29, 1.82) is 0 Å². The molecule has 120 valence electrons. The summed E-state index contributed by atoms with van der Waals surface area (Å²) < 4.78 is 5.06. The van der Waals surface area contributed by atoms with Gasteiger partial charge in [-0.2, -0.15) is 0 Å². The maximum absolute atomic E-state index is 12.0. The number of rotatable bonds is 7. The highest BCUT2D eigenvalue weighted by Gasteiger charge is 2.18. The first-order chi connectivity index (χ1) is 10.4. The van der Waals surface area contributed by atoms with Gasteiger partial charge >= 0.3 is 5.97 Å². The van der Waals surface area contributed by atoms with Crippen molar-refractivity contribution in [2.75, 3.05) is 0 Å². The summed E-state index contributed by atoms with van der Waals surface area (Å²) >= 11 is 0. The minimum Gasteiger partial charge on any atom is -0.449 e. The van der Waals surface area contributed by atoms with Crippen molar-refractivity contribution >= 4 is 11.9 Å². The van der Waals surface area contributed by atoms with Crippen LogP contribution in [0.25, 0.3) is 0 Å². The number of aryl methyl sites for hydroxylation is 1. The van der Waals surface area contributed by atoms with E-state index in [9.17, 15) is 9.59 Å². The van der Waals surface area contributed by atoms with Crippen LogP contribution in [0.5, 0.6) is 0 Å². The molecule has 1 N–H and O–H groups in total. The number of allylic oxidation sites excluding steroid dienone is 1. The predicted octanol–water partition coefficient (Wildman–Crippen LogP) is 3.02. The highest BCUT2D eigenvalue weighted by Crippen LogP contribution is 2.05. The number of carbonyl (C=O) groups is 2. The molecule has 0 unspecified atom stereocenters. The van der Waals surface area contributed by atoms with Crippen LogP contribution >= 0.6 is 0 Å². The van der Waals surface area contributed by atoms with E-state index in [1.807, 2.05) is 25.1 Å². The number of ether oxygens (including phenoxy) is 1. The fraction of sp³-hybridized carbons (Fsp3) is 0.444. The summed E-state index contributed by atoms with van der Waals surface area (Å²) in [6.07, 6.45) is 2.32. The van der Waals surface area contributed by atoms with Gasteiger partial charge in [0.05, 0.1) is 0 Å². The zero-order chi connectivity index (χ0) is 16.5. The molecular weight excluding hydrogens is 278 g/mol. The standard InChI is InChI=1S/C18H25NO3/c1-13(2)12-17(20)22-15(4)18(21)19-14(3)10-11-16-8-6-5-7-9-16/h5-9,12,14-15H,10-11H2,1-4H3,(H,19,21)/t14-,15+/m0/s1. The molecule has 0 saturated heterocycles. The topological polar surface area (TPSA) is 55.4 Å². The van der Waals surface area contributed by atoms with Crippen LogP contribution in [-0.2, 0) is 20.7 Å². The molecule has 0 aromatic heterocycles. The Morgan fingerprint density at radius 1 is 1.18 bits per heavy atom. The monoisotopic (exact) mass is 303 g/mol. The van der Waals surface area contributed by atoms with Crippen LogP contribution < -0.4 is 5.32 Å². The SMILES string of the molecule is CC(C)=CC(=O)O[C@H](C)C(=O)N[C@@H](C)CCc1ccccc1. The first kappa shape index (κ1) is 18.0. The molecule has 0 bridgehead atoms. The number of hydrogen-bond donors (Lipinski definition) is 1.